The number of nitrogens with one attached hydrogen (secondary N) is 1. The van der Waals surface area contributed by atoms with E-state index in [-0.39, 0.29) is 0 Å². The average Bonchev–Trinajstić information content (AvgIpc) is 2.87. The fourth-order valence-electron chi connectivity index (χ4n) is 2.66. The van der Waals surface area contributed by atoms with Crippen molar-refractivity contribution in [3.05, 3.63) is 0 Å². The molecule has 2 unspecified atom stereocenters. The van der Waals surface area contributed by atoms with Gasteiger partial charge in [0.25, 0.3) is 0 Å². The number of rotatable bonds is 4. The van der Waals surface area contributed by atoms with Crippen LogP contribution in [-0.4, -0.2) is 36.6 Å². The summed E-state index contributed by atoms with van der Waals surface area (Å²) in [5.41, 5.74) is 0. The summed E-state index contributed by atoms with van der Waals surface area (Å²) in [4.78, 5) is 2.63. The van der Waals surface area contributed by atoms with Crippen LogP contribution in [0.15, 0.2) is 0 Å². The smallest absolute Gasteiger partial charge is 0.0200 e. The maximum Gasteiger partial charge on any atom is 0.0200 e. The van der Waals surface area contributed by atoms with Crippen LogP contribution in [0.3, 0.4) is 0 Å². The van der Waals surface area contributed by atoms with Gasteiger partial charge in [-0.3, -0.25) is 0 Å². The van der Waals surface area contributed by atoms with Gasteiger partial charge in [-0.05, 0) is 38.1 Å². The molecule has 0 radical (unpaired) electrons. The molecule has 14 heavy (non-hydrogen) atoms. The van der Waals surface area contributed by atoms with Crippen molar-refractivity contribution >= 4 is 0 Å². The predicted octanol–water partition coefficient (Wildman–Crippen LogP) is 1.86. The largest absolute Gasteiger partial charge is 0.310 e. The van der Waals surface area contributed by atoms with Crippen LogP contribution in [0.1, 0.15) is 39.5 Å². The molecule has 0 aromatic rings. The van der Waals surface area contributed by atoms with Crippen molar-refractivity contribution in [3.63, 3.8) is 0 Å². The second-order valence-electron chi connectivity index (χ2n) is 5.24. The Hall–Kier alpha value is -0.0800. The van der Waals surface area contributed by atoms with E-state index in [2.05, 4.69) is 24.1 Å². The summed E-state index contributed by atoms with van der Waals surface area (Å²) in [7, 11) is 0. The quantitative estimate of drug-likeness (QED) is 0.738. The van der Waals surface area contributed by atoms with Crippen molar-refractivity contribution in [2.24, 2.45) is 5.92 Å². The Morgan fingerprint density at radius 2 is 2.00 bits per heavy atom. The minimum absolute atomic E-state index is 0.776. The lowest BCUT2D eigenvalue weighted by Gasteiger charge is -2.36. The summed E-state index contributed by atoms with van der Waals surface area (Å²) in [6.45, 7) is 8.56. The number of nitrogens with zero attached hydrogens (tertiary/aromatic N) is 1. The molecule has 2 rings (SSSR count). The zero-order valence-corrected chi connectivity index (χ0v) is 9.63. The van der Waals surface area contributed by atoms with Crippen LogP contribution in [0.2, 0.25) is 0 Å². The molecule has 0 aromatic carbocycles. The normalized spacial score (nSPS) is 34.7. The first kappa shape index (κ1) is 10.4. The third kappa shape index (κ3) is 2.96. The Bertz CT molecular complexity index is 175. The first-order valence-corrected chi connectivity index (χ1v) is 6.26. The fourth-order valence-corrected chi connectivity index (χ4v) is 2.66. The SMILES string of the molecule is CCCN1CC(C)CC(NC2CC2)C1. The molecule has 1 saturated heterocycles. The molecule has 2 nitrogen and oxygen atoms in total. The Morgan fingerprint density at radius 1 is 1.21 bits per heavy atom. The topological polar surface area (TPSA) is 15.3 Å². The summed E-state index contributed by atoms with van der Waals surface area (Å²) < 4.78 is 0. The second kappa shape index (κ2) is 4.63. The van der Waals surface area contributed by atoms with E-state index < -0.39 is 0 Å². The van der Waals surface area contributed by atoms with E-state index in [0.29, 0.717) is 0 Å². The third-order valence-electron chi connectivity index (χ3n) is 3.32. The molecule has 2 aliphatic rings. The molecule has 2 heteroatoms. The van der Waals surface area contributed by atoms with Gasteiger partial charge < -0.3 is 10.2 Å². The van der Waals surface area contributed by atoms with E-state index in [4.69, 9.17) is 0 Å². The number of piperidine rings is 1. The highest BCUT2D eigenvalue weighted by molar-refractivity contribution is 4.89. The van der Waals surface area contributed by atoms with Gasteiger partial charge in [0, 0.05) is 25.2 Å². The summed E-state index contributed by atoms with van der Waals surface area (Å²) in [6, 6.07) is 1.64. The first-order valence-electron chi connectivity index (χ1n) is 6.26. The van der Waals surface area contributed by atoms with Crippen molar-refractivity contribution in [1.82, 2.24) is 10.2 Å². The van der Waals surface area contributed by atoms with Crippen LogP contribution in [0.25, 0.3) is 0 Å². The predicted molar refractivity (Wildman–Crippen MR) is 60.5 cm³/mol. The lowest BCUT2D eigenvalue weighted by molar-refractivity contribution is 0.148. The van der Waals surface area contributed by atoms with E-state index in [0.717, 1.165) is 18.0 Å². The molecule has 2 atom stereocenters. The molecule has 0 aromatic heterocycles. The first-order chi connectivity index (χ1) is 6.78. The van der Waals surface area contributed by atoms with E-state index >= 15 is 0 Å². The highest BCUT2D eigenvalue weighted by atomic mass is 15.2. The van der Waals surface area contributed by atoms with Crippen LogP contribution in [-0.2, 0) is 0 Å². The molecule has 1 aliphatic carbocycles. The van der Waals surface area contributed by atoms with E-state index in [1.54, 1.807) is 0 Å². The molecule has 0 bridgehead atoms. The highest BCUT2D eigenvalue weighted by Gasteiger charge is 2.29. The minimum atomic E-state index is 0.776. The standard InChI is InChI=1S/C12H24N2/c1-3-6-14-8-10(2)7-12(9-14)13-11-4-5-11/h10-13H,3-9H2,1-2H3. The van der Waals surface area contributed by atoms with Gasteiger partial charge in [0.1, 0.15) is 0 Å². The summed E-state index contributed by atoms with van der Waals surface area (Å²) >= 11 is 0. The molecule has 1 heterocycles. The van der Waals surface area contributed by atoms with Crippen LogP contribution in [0, 0.1) is 5.92 Å². The van der Waals surface area contributed by atoms with E-state index in [1.165, 1.54) is 45.3 Å². The Labute approximate surface area is 88.1 Å². The summed E-state index contributed by atoms with van der Waals surface area (Å²) in [6.07, 6.45) is 5.51. The maximum atomic E-state index is 3.77. The monoisotopic (exact) mass is 196 g/mol. The average molecular weight is 196 g/mol. The molecule has 2 fully saturated rings. The third-order valence-corrected chi connectivity index (χ3v) is 3.32. The molecular formula is C12H24N2. The molecule has 1 aliphatic heterocycles. The van der Waals surface area contributed by atoms with Crippen LogP contribution >= 0.6 is 0 Å². The Kier molecular flexibility index (Phi) is 3.45. The van der Waals surface area contributed by atoms with Gasteiger partial charge in [0.2, 0.25) is 0 Å². The summed E-state index contributed by atoms with van der Waals surface area (Å²) in [5, 5.41) is 3.77. The van der Waals surface area contributed by atoms with Crippen LogP contribution in [0.5, 0.6) is 0 Å². The second-order valence-corrected chi connectivity index (χ2v) is 5.24. The number of hydrogen-bond donors (Lipinski definition) is 1. The minimum Gasteiger partial charge on any atom is -0.310 e. The Morgan fingerprint density at radius 3 is 2.64 bits per heavy atom. The fraction of sp³-hybridized carbons (Fsp3) is 1.00. The molecule has 0 spiro atoms. The van der Waals surface area contributed by atoms with Crippen molar-refractivity contribution in [3.8, 4) is 0 Å². The molecular weight excluding hydrogens is 172 g/mol. The maximum absolute atomic E-state index is 3.77. The zero-order chi connectivity index (χ0) is 9.97. The van der Waals surface area contributed by atoms with Crippen molar-refractivity contribution in [1.29, 1.82) is 0 Å². The summed E-state index contributed by atoms with van der Waals surface area (Å²) in [5.74, 6) is 0.881. The van der Waals surface area contributed by atoms with Crippen LogP contribution in [0.4, 0.5) is 0 Å². The lowest BCUT2D eigenvalue weighted by Crippen LogP contribution is -2.49. The van der Waals surface area contributed by atoms with Gasteiger partial charge in [-0.2, -0.15) is 0 Å². The number of likely N-dealkylation sites (tertiary alicyclic amines) is 1. The van der Waals surface area contributed by atoms with E-state index in [1.807, 2.05) is 0 Å². The van der Waals surface area contributed by atoms with E-state index in [9.17, 15) is 0 Å². The lowest BCUT2D eigenvalue weighted by atomic mass is 9.96. The van der Waals surface area contributed by atoms with Crippen molar-refractivity contribution < 1.29 is 0 Å². The van der Waals surface area contributed by atoms with Crippen molar-refractivity contribution in [2.75, 3.05) is 19.6 Å². The van der Waals surface area contributed by atoms with Crippen LogP contribution < -0.4 is 5.32 Å². The molecule has 82 valence electrons. The molecule has 1 N–H and O–H groups in total. The van der Waals surface area contributed by atoms with Gasteiger partial charge in [0.15, 0.2) is 0 Å². The number of hydrogen-bond acceptors (Lipinski definition) is 2. The van der Waals surface area contributed by atoms with Gasteiger partial charge in [-0.25, -0.2) is 0 Å². The van der Waals surface area contributed by atoms with Gasteiger partial charge in [-0.1, -0.05) is 13.8 Å². The van der Waals surface area contributed by atoms with Crippen molar-refractivity contribution in [2.45, 2.75) is 51.6 Å². The van der Waals surface area contributed by atoms with Gasteiger partial charge in [-0.15, -0.1) is 0 Å². The Balaban J connectivity index is 1.78. The molecule has 0 amide bonds. The zero-order valence-electron chi connectivity index (χ0n) is 9.63. The van der Waals surface area contributed by atoms with Gasteiger partial charge in [0.05, 0.1) is 0 Å². The highest BCUT2D eigenvalue weighted by Crippen LogP contribution is 2.23. The van der Waals surface area contributed by atoms with Gasteiger partial charge >= 0.3 is 0 Å². The molecule has 1 saturated carbocycles.